The van der Waals surface area contributed by atoms with Gasteiger partial charge < -0.3 is 19.7 Å². The minimum Gasteiger partial charge on any atom is -0.497 e. The number of hydrogen-bond acceptors (Lipinski definition) is 4. The number of methoxy groups -OCH3 is 1. The summed E-state index contributed by atoms with van der Waals surface area (Å²) in [5, 5.41) is 2.80. The van der Waals surface area contributed by atoms with Crippen molar-refractivity contribution in [1.82, 2.24) is 4.90 Å². The highest BCUT2D eigenvalue weighted by Crippen LogP contribution is 2.30. The van der Waals surface area contributed by atoms with Gasteiger partial charge in [0.2, 0.25) is 0 Å². The zero-order valence-electron chi connectivity index (χ0n) is 21.2. The molecule has 0 spiro atoms. The molecule has 200 valence electrons. The first-order valence-electron chi connectivity index (χ1n) is 12.3. The Morgan fingerprint density at radius 2 is 1.53 bits per heavy atom. The van der Waals surface area contributed by atoms with Crippen LogP contribution >= 0.6 is 0 Å². The fourth-order valence-corrected chi connectivity index (χ4v) is 4.43. The van der Waals surface area contributed by atoms with Gasteiger partial charge in [0.1, 0.15) is 11.5 Å². The van der Waals surface area contributed by atoms with Crippen LogP contribution in [0.5, 0.6) is 11.5 Å². The Hall–Kier alpha value is -4.01. The number of hydrogen-bond donors (Lipinski definition) is 1. The molecule has 0 atom stereocenters. The second-order valence-corrected chi connectivity index (χ2v) is 9.25. The summed E-state index contributed by atoms with van der Waals surface area (Å²) in [7, 11) is 1.64. The Labute approximate surface area is 219 Å². The van der Waals surface area contributed by atoms with Crippen molar-refractivity contribution in [3.05, 3.63) is 89.0 Å². The Morgan fingerprint density at radius 3 is 2.13 bits per heavy atom. The van der Waals surface area contributed by atoms with Crippen molar-refractivity contribution in [2.45, 2.75) is 31.9 Å². The maximum Gasteiger partial charge on any atom is 0.422 e. The van der Waals surface area contributed by atoms with Gasteiger partial charge >= 0.3 is 6.18 Å². The van der Waals surface area contributed by atoms with Gasteiger partial charge in [0.15, 0.2) is 6.61 Å². The van der Waals surface area contributed by atoms with Crippen LogP contribution in [0.2, 0.25) is 0 Å². The van der Waals surface area contributed by atoms with Crippen LogP contribution in [0, 0.1) is 6.92 Å². The minimum atomic E-state index is -4.44. The molecule has 1 N–H and O–H groups in total. The number of likely N-dealkylation sites (tertiary alicyclic amines) is 1. The van der Waals surface area contributed by atoms with E-state index in [4.69, 9.17) is 4.74 Å². The van der Waals surface area contributed by atoms with Gasteiger partial charge in [-0.05, 0) is 85.3 Å². The number of carbonyl (C=O) groups is 2. The standard InChI is InChI=1S/C29H29F3N2O4/c1-19-3-4-23(28(36)34-15-13-21(14-16-34)20-5-9-24(37-2)10-6-20)17-26(19)33-27(35)22-7-11-25(12-8-22)38-18-29(30,31)32/h3-12,17,21H,13-16,18H2,1-2H3,(H,33,35). The summed E-state index contributed by atoms with van der Waals surface area (Å²) >= 11 is 0. The topological polar surface area (TPSA) is 67.9 Å². The van der Waals surface area contributed by atoms with Crippen molar-refractivity contribution >= 4 is 17.5 Å². The van der Waals surface area contributed by atoms with Gasteiger partial charge in [0.25, 0.3) is 11.8 Å². The second-order valence-electron chi connectivity index (χ2n) is 9.25. The molecule has 1 saturated heterocycles. The van der Waals surface area contributed by atoms with Crippen molar-refractivity contribution in [3.63, 3.8) is 0 Å². The molecule has 1 fully saturated rings. The minimum absolute atomic E-state index is 0.0124. The fraction of sp³-hybridized carbons (Fsp3) is 0.310. The van der Waals surface area contributed by atoms with Gasteiger partial charge in [-0.1, -0.05) is 18.2 Å². The first-order chi connectivity index (χ1) is 18.1. The lowest BCUT2D eigenvalue weighted by atomic mass is 9.89. The van der Waals surface area contributed by atoms with E-state index in [0.29, 0.717) is 30.3 Å². The average molecular weight is 527 g/mol. The second kappa shape index (κ2) is 11.6. The highest BCUT2D eigenvalue weighted by molar-refractivity contribution is 6.05. The van der Waals surface area contributed by atoms with E-state index in [0.717, 1.165) is 24.2 Å². The summed E-state index contributed by atoms with van der Waals surface area (Å²) in [6.45, 7) is 1.68. The zero-order chi connectivity index (χ0) is 27.3. The number of nitrogens with zero attached hydrogens (tertiary/aromatic N) is 1. The lowest BCUT2D eigenvalue weighted by Gasteiger charge is -2.32. The Bertz CT molecular complexity index is 1270. The van der Waals surface area contributed by atoms with Crippen LogP contribution in [0.1, 0.15) is 50.6 Å². The highest BCUT2D eigenvalue weighted by atomic mass is 19.4. The number of benzene rings is 3. The van der Waals surface area contributed by atoms with Gasteiger partial charge in [0, 0.05) is 29.9 Å². The van der Waals surface area contributed by atoms with Crippen LogP contribution in [-0.2, 0) is 0 Å². The number of aryl methyl sites for hydroxylation is 1. The van der Waals surface area contributed by atoms with E-state index >= 15 is 0 Å². The summed E-state index contributed by atoms with van der Waals surface area (Å²) < 4.78 is 46.9. The van der Waals surface area contributed by atoms with E-state index in [2.05, 4.69) is 22.2 Å². The van der Waals surface area contributed by atoms with Gasteiger partial charge in [-0.2, -0.15) is 13.2 Å². The number of alkyl halides is 3. The summed E-state index contributed by atoms with van der Waals surface area (Å²) in [4.78, 5) is 27.8. The molecule has 0 bridgehead atoms. The van der Waals surface area contributed by atoms with Crippen molar-refractivity contribution in [3.8, 4) is 11.5 Å². The molecule has 1 heterocycles. The van der Waals surface area contributed by atoms with Gasteiger partial charge in [-0.3, -0.25) is 9.59 Å². The number of amides is 2. The van der Waals surface area contributed by atoms with Gasteiger partial charge in [-0.15, -0.1) is 0 Å². The van der Waals surface area contributed by atoms with Gasteiger partial charge in [0.05, 0.1) is 7.11 Å². The number of rotatable bonds is 7. The quantitative estimate of drug-likeness (QED) is 0.397. The summed E-state index contributed by atoms with van der Waals surface area (Å²) in [5.41, 5.74) is 3.23. The van der Waals surface area contributed by atoms with Crippen LogP contribution in [0.4, 0.5) is 18.9 Å². The number of halogens is 3. The van der Waals surface area contributed by atoms with Crippen LogP contribution in [0.15, 0.2) is 66.7 Å². The molecule has 1 aliphatic heterocycles. The van der Waals surface area contributed by atoms with Crippen molar-refractivity contribution in [2.24, 2.45) is 0 Å². The summed E-state index contributed by atoms with van der Waals surface area (Å²) in [5.74, 6) is 0.664. The van der Waals surface area contributed by atoms with Crippen LogP contribution in [0.25, 0.3) is 0 Å². The molecule has 0 saturated carbocycles. The molecule has 4 rings (SSSR count). The van der Waals surface area contributed by atoms with Crippen LogP contribution in [0.3, 0.4) is 0 Å². The molecule has 0 aliphatic carbocycles. The normalized spacial score (nSPS) is 14.2. The third-order valence-corrected chi connectivity index (χ3v) is 6.62. The zero-order valence-corrected chi connectivity index (χ0v) is 21.2. The summed E-state index contributed by atoms with van der Waals surface area (Å²) in [6, 6.07) is 18.6. The Kier molecular flexibility index (Phi) is 8.24. The molecular formula is C29H29F3N2O4. The third-order valence-electron chi connectivity index (χ3n) is 6.62. The largest absolute Gasteiger partial charge is 0.497 e. The van der Waals surface area contributed by atoms with E-state index < -0.39 is 18.7 Å². The number of carbonyl (C=O) groups excluding carboxylic acids is 2. The van der Waals surface area contributed by atoms with Gasteiger partial charge in [-0.25, -0.2) is 0 Å². The lowest BCUT2D eigenvalue weighted by molar-refractivity contribution is -0.153. The number of anilines is 1. The first kappa shape index (κ1) is 27.0. The molecule has 9 heteroatoms. The van der Waals surface area contributed by atoms with E-state index in [9.17, 15) is 22.8 Å². The molecule has 3 aromatic carbocycles. The molecule has 0 aromatic heterocycles. The predicted molar refractivity (Wildman–Crippen MR) is 138 cm³/mol. The monoisotopic (exact) mass is 526 g/mol. The number of piperidine rings is 1. The molecule has 0 radical (unpaired) electrons. The maximum atomic E-state index is 13.2. The van der Waals surface area contributed by atoms with Crippen LogP contribution < -0.4 is 14.8 Å². The molecule has 38 heavy (non-hydrogen) atoms. The Balaban J connectivity index is 1.37. The number of nitrogens with one attached hydrogen (secondary N) is 1. The van der Waals surface area contributed by atoms with E-state index in [1.165, 1.54) is 29.8 Å². The van der Waals surface area contributed by atoms with Crippen molar-refractivity contribution in [2.75, 3.05) is 32.1 Å². The predicted octanol–water partition coefficient (Wildman–Crippen LogP) is 6.22. The lowest BCUT2D eigenvalue weighted by Crippen LogP contribution is -2.38. The Morgan fingerprint density at radius 1 is 0.921 bits per heavy atom. The van der Waals surface area contributed by atoms with E-state index in [1.54, 1.807) is 25.3 Å². The fourth-order valence-electron chi connectivity index (χ4n) is 4.43. The molecule has 6 nitrogen and oxygen atoms in total. The first-order valence-corrected chi connectivity index (χ1v) is 12.3. The van der Waals surface area contributed by atoms with Crippen LogP contribution in [-0.4, -0.2) is 49.7 Å². The van der Waals surface area contributed by atoms with Crippen molar-refractivity contribution < 1.29 is 32.2 Å². The summed E-state index contributed by atoms with van der Waals surface area (Å²) in [6.07, 6.45) is -2.73. The van der Waals surface area contributed by atoms with E-state index in [1.807, 2.05) is 24.0 Å². The average Bonchev–Trinajstić information content (AvgIpc) is 2.92. The van der Waals surface area contributed by atoms with E-state index in [-0.39, 0.29) is 17.2 Å². The SMILES string of the molecule is COc1ccc(C2CCN(C(=O)c3ccc(C)c(NC(=O)c4ccc(OCC(F)(F)F)cc4)c3)CC2)cc1. The number of ether oxygens (including phenoxy) is 2. The highest BCUT2D eigenvalue weighted by Gasteiger charge is 2.28. The third kappa shape index (κ3) is 6.85. The molecule has 1 aliphatic rings. The smallest absolute Gasteiger partial charge is 0.422 e. The molecule has 2 amide bonds. The maximum absolute atomic E-state index is 13.2. The molecular weight excluding hydrogens is 497 g/mol. The molecule has 0 unspecified atom stereocenters. The van der Waals surface area contributed by atoms with Crippen molar-refractivity contribution in [1.29, 1.82) is 0 Å². The molecule has 3 aromatic rings.